The van der Waals surface area contributed by atoms with Gasteiger partial charge in [0, 0.05) is 24.1 Å². The van der Waals surface area contributed by atoms with Crippen LogP contribution >= 0.6 is 0 Å². The fourth-order valence-corrected chi connectivity index (χ4v) is 3.18. The minimum atomic E-state index is 0.157. The van der Waals surface area contributed by atoms with Gasteiger partial charge in [-0.05, 0) is 37.9 Å². The first kappa shape index (κ1) is 10.8. The lowest BCUT2D eigenvalue weighted by molar-refractivity contribution is -0.121. The van der Waals surface area contributed by atoms with E-state index in [9.17, 15) is 4.79 Å². The van der Waals surface area contributed by atoms with Gasteiger partial charge in [0.1, 0.15) is 0 Å². The van der Waals surface area contributed by atoms with Crippen molar-refractivity contribution in [3.63, 3.8) is 0 Å². The zero-order chi connectivity index (χ0) is 12.0. The molecule has 2 N–H and O–H groups in total. The second kappa shape index (κ2) is 3.84. The molecular formula is C14H18N2O. The molecule has 3 nitrogen and oxygen atoms in total. The number of rotatable bonds is 0. The van der Waals surface area contributed by atoms with Gasteiger partial charge in [-0.3, -0.25) is 4.79 Å². The van der Waals surface area contributed by atoms with E-state index in [2.05, 4.69) is 36.6 Å². The number of anilines is 1. The first-order chi connectivity index (χ1) is 8.16. The summed E-state index contributed by atoms with van der Waals surface area (Å²) in [5.41, 5.74) is 4.82. The predicted octanol–water partition coefficient (Wildman–Crippen LogP) is 1.95. The number of benzene rings is 1. The van der Waals surface area contributed by atoms with Gasteiger partial charge < -0.3 is 10.6 Å². The van der Waals surface area contributed by atoms with Gasteiger partial charge >= 0.3 is 0 Å². The molecule has 2 aliphatic rings. The quantitative estimate of drug-likeness (QED) is 0.715. The van der Waals surface area contributed by atoms with Gasteiger partial charge in [0.25, 0.3) is 0 Å². The Morgan fingerprint density at radius 3 is 2.88 bits per heavy atom. The standard InChI is InChI=1S/C14H18N2O/c1-8-5-9(2)13-11(6-8)12-7-15-4-3-10(12)14(17)16-13/h5-6,10,12,15H,3-4,7H2,1-2H3,(H,16,17). The van der Waals surface area contributed by atoms with Crippen molar-refractivity contribution >= 4 is 11.6 Å². The highest BCUT2D eigenvalue weighted by atomic mass is 16.2. The van der Waals surface area contributed by atoms with E-state index in [0.29, 0.717) is 5.92 Å². The molecule has 0 saturated carbocycles. The van der Waals surface area contributed by atoms with Crippen LogP contribution in [0.2, 0.25) is 0 Å². The average Bonchev–Trinajstić information content (AvgIpc) is 2.31. The topological polar surface area (TPSA) is 41.1 Å². The van der Waals surface area contributed by atoms with E-state index in [0.717, 1.165) is 25.2 Å². The van der Waals surface area contributed by atoms with E-state index < -0.39 is 0 Å². The minimum Gasteiger partial charge on any atom is -0.325 e. The molecule has 3 rings (SSSR count). The molecule has 1 aromatic rings. The van der Waals surface area contributed by atoms with Crippen LogP contribution in [-0.2, 0) is 4.79 Å². The summed E-state index contributed by atoms with van der Waals surface area (Å²) in [5, 5.41) is 6.49. The van der Waals surface area contributed by atoms with Crippen molar-refractivity contribution in [3.05, 3.63) is 28.8 Å². The van der Waals surface area contributed by atoms with Crippen LogP contribution < -0.4 is 10.6 Å². The summed E-state index contributed by atoms with van der Waals surface area (Å²) >= 11 is 0. The molecule has 0 bridgehead atoms. The summed E-state index contributed by atoms with van der Waals surface area (Å²) in [7, 11) is 0. The summed E-state index contributed by atoms with van der Waals surface area (Å²) in [5.74, 6) is 0.715. The Hall–Kier alpha value is -1.35. The second-order valence-corrected chi connectivity index (χ2v) is 5.24. The van der Waals surface area contributed by atoms with Gasteiger partial charge in [0.15, 0.2) is 0 Å². The Balaban J connectivity index is 2.13. The maximum Gasteiger partial charge on any atom is 0.228 e. The zero-order valence-electron chi connectivity index (χ0n) is 10.3. The molecule has 1 fully saturated rings. The lowest BCUT2D eigenvalue weighted by Crippen LogP contribution is -2.44. The fourth-order valence-electron chi connectivity index (χ4n) is 3.18. The summed E-state index contributed by atoms with van der Waals surface area (Å²) < 4.78 is 0. The van der Waals surface area contributed by atoms with E-state index in [-0.39, 0.29) is 11.8 Å². The van der Waals surface area contributed by atoms with Crippen LogP contribution in [0, 0.1) is 19.8 Å². The van der Waals surface area contributed by atoms with Gasteiger partial charge in [-0.2, -0.15) is 0 Å². The third kappa shape index (κ3) is 1.65. The van der Waals surface area contributed by atoms with Crippen molar-refractivity contribution in [1.82, 2.24) is 5.32 Å². The minimum absolute atomic E-state index is 0.157. The van der Waals surface area contributed by atoms with Crippen molar-refractivity contribution in [3.8, 4) is 0 Å². The highest BCUT2D eigenvalue weighted by Crippen LogP contribution is 2.40. The lowest BCUT2D eigenvalue weighted by Gasteiger charge is -2.37. The molecule has 0 spiro atoms. The molecule has 17 heavy (non-hydrogen) atoms. The van der Waals surface area contributed by atoms with Gasteiger partial charge in [0.05, 0.1) is 0 Å². The number of hydrogen-bond acceptors (Lipinski definition) is 2. The van der Waals surface area contributed by atoms with Gasteiger partial charge in [-0.25, -0.2) is 0 Å². The van der Waals surface area contributed by atoms with Crippen LogP contribution in [0.3, 0.4) is 0 Å². The van der Waals surface area contributed by atoms with Gasteiger partial charge in [0.2, 0.25) is 5.91 Å². The van der Waals surface area contributed by atoms with Crippen LogP contribution in [0.15, 0.2) is 12.1 Å². The van der Waals surface area contributed by atoms with E-state index in [1.807, 2.05) is 0 Å². The van der Waals surface area contributed by atoms with Crippen LogP contribution in [0.4, 0.5) is 5.69 Å². The van der Waals surface area contributed by atoms with Crippen LogP contribution in [0.25, 0.3) is 0 Å². The van der Waals surface area contributed by atoms with Crippen molar-refractivity contribution in [2.24, 2.45) is 5.92 Å². The molecule has 2 atom stereocenters. The van der Waals surface area contributed by atoms with Crippen molar-refractivity contribution in [2.45, 2.75) is 26.2 Å². The molecule has 1 saturated heterocycles. The monoisotopic (exact) mass is 230 g/mol. The number of carbonyl (C=O) groups excluding carboxylic acids is 1. The molecule has 1 aromatic carbocycles. The van der Waals surface area contributed by atoms with Gasteiger partial charge in [-0.15, -0.1) is 0 Å². The summed E-state index contributed by atoms with van der Waals surface area (Å²) in [4.78, 5) is 12.1. The van der Waals surface area contributed by atoms with E-state index >= 15 is 0 Å². The smallest absolute Gasteiger partial charge is 0.228 e. The third-order valence-corrected chi connectivity index (χ3v) is 3.98. The molecule has 3 heteroatoms. The number of aryl methyl sites for hydroxylation is 2. The van der Waals surface area contributed by atoms with Crippen molar-refractivity contribution in [1.29, 1.82) is 0 Å². The number of carbonyl (C=O) groups is 1. The molecule has 1 amide bonds. The molecule has 0 aromatic heterocycles. The number of hydrogen-bond donors (Lipinski definition) is 2. The second-order valence-electron chi connectivity index (χ2n) is 5.24. The molecule has 2 heterocycles. The number of amides is 1. The number of nitrogens with one attached hydrogen (secondary N) is 2. The number of fused-ring (bicyclic) bond motifs is 3. The maximum atomic E-state index is 12.1. The largest absolute Gasteiger partial charge is 0.325 e. The molecular weight excluding hydrogens is 212 g/mol. The Morgan fingerprint density at radius 2 is 2.06 bits per heavy atom. The molecule has 0 aliphatic carbocycles. The maximum absolute atomic E-state index is 12.1. The molecule has 2 unspecified atom stereocenters. The Bertz CT molecular complexity index is 481. The Morgan fingerprint density at radius 1 is 1.24 bits per heavy atom. The van der Waals surface area contributed by atoms with E-state index in [1.54, 1.807) is 0 Å². The SMILES string of the molecule is Cc1cc(C)c2c(c1)C1CNCCC1C(=O)N2. The zero-order valence-corrected chi connectivity index (χ0v) is 10.3. The summed E-state index contributed by atoms with van der Waals surface area (Å²) in [6.07, 6.45) is 0.947. The van der Waals surface area contributed by atoms with Gasteiger partial charge in [-0.1, -0.05) is 17.7 Å². The van der Waals surface area contributed by atoms with E-state index in [1.165, 1.54) is 16.7 Å². The summed E-state index contributed by atoms with van der Waals surface area (Å²) in [6, 6.07) is 4.36. The highest BCUT2D eigenvalue weighted by molar-refractivity contribution is 5.97. The normalized spacial score (nSPS) is 27.1. The highest BCUT2D eigenvalue weighted by Gasteiger charge is 2.37. The third-order valence-electron chi connectivity index (χ3n) is 3.98. The van der Waals surface area contributed by atoms with E-state index in [4.69, 9.17) is 0 Å². The Labute approximate surface area is 102 Å². The van der Waals surface area contributed by atoms with Crippen molar-refractivity contribution in [2.75, 3.05) is 18.4 Å². The first-order valence-electron chi connectivity index (χ1n) is 6.29. The molecule has 2 aliphatic heterocycles. The number of piperidine rings is 1. The first-order valence-corrected chi connectivity index (χ1v) is 6.29. The fraction of sp³-hybridized carbons (Fsp3) is 0.500. The average molecular weight is 230 g/mol. The van der Waals surface area contributed by atoms with Crippen molar-refractivity contribution < 1.29 is 4.79 Å². The summed E-state index contributed by atoms with van der Waals surface area (Å²) in [6.45, 7) is 6.07. The van der Waals surface area contributed by atoms with Crippen LogP contribution in [-0.4, -0.2) is 19.0 Å². The lowest BCUT2D eigenvalue weighted by atomic mass is 9.76. The molecule has 90 valence electrons. The van der Waals surface area contributed by atoms with Crippen LogP contribution in [0.5, 0.6) is 0 Å². The Kier molecular flexibility index (Phi) is 2.44. The van der Waals surface area contributed by atoms with Crippen LogP contribution in [0.1, 0.15) is 29.0 Å². The molecule has 0 radical (unpaired) electrons. The predicted molar refractivity (Wildman–Crippen MR) is 68.3 cm³/mol.